The Labute approximate surface area is 98.2 Å². The van der Waals surface area contributed by atoms with Gasteiger partial charge in [0, 0.05) is 4.88 Å². The Kier molecular flexibility index (Phi) is 3.06. The molecule has 0 fully saturated rings. The van der Waals surface area contributed by atoms with Crippen molar-refractivity contribution in [2.75, 3.05) is 0 Å². The summed E-state index contributed by atoms with van der Waals surface area (Å²) in [5.74, 6) is -0.880. The minimum absolute atomic E-state index is 0.337. The molecule has 2 nitrogen and oxygen atoms in total. The zero-order valence-electron chi connectivity index (χ0n) is 8.93. The zero-order chi connectivity index (χ0) is 11.5. The van der Waals surface area contributed by atoms with E-state index in [0.29, 0.717) is 5.56 Å². The Morgan fingerprint density at radius 3 is 2.81 bits per heavy atom. The van der Waals surface area contributed by atoms with Crippen LogP contribution in [0.3, 0.4) is 0 Å². The summed E-state index contributed by atoms with van der Waals surface area (Å²) in [4.78, 5) is 12.0. The van der Waals surface area contributed by atoms with E-state index in [9.17, 15) is 4.79 Å². The van der Waals surface area contributed by atoms with Gasteiger partial charge in [-0.2, -0.15) is 0 Å². The summed E-state index contributed by atoms with van der Waals surface area (Å²) >= 11 is 1.65. The maximum Gasteiger partial charge on any atom is 0.335 e. The maximum absolute atomic E-state index is 10.8. The van der Waals surface area contributed by atoms with Crippen LogP contribution in [-0.4, -0.2) is 11.1 Å². The van der Waals surface area contributed by atoms with Gasteiger partial charge in [0.05, 0.1) is 5.56 Å². The Bertz CT molecular complexity index is 514. The predicted octanol–water partition coefficient (Wildman–Crippen LogP) is 3.68. The second-order valence-electron chi connectivity index (χ2n) is 3.56. The molecule has 0 aliphatic heterocycles. The molecule has 0 aliphatic rings. The molecular weight excluding hydrogens is 220 g/mol. The number of carbonyl (C=O) groups is 1. The van der Waals surface area contributed by atoms with Gasteiger partial charge in [-0.1, -0.05) is 19.1 Å². The Hall–Kier alpha value is -1.61. The monoisotopic (exact) mass is 232 g/mol. The van der Waals surface area contributed by atoms with Crippen LogP contribution in [0.15, 0.2) is 35.7 Å². The van der Waals surface area contributed by atoms with Gasteiger partial charge in [-0.25, -0.2) is 4.79 Å². The summed E-state index contributed by atoms with van der Waals surface area (Å²) in [7, 11) is 0. The molecule has 0 radical (unpaired) electrons. The van der Waals surface area contributed by atoms with Crippen molar-refractivity contribution in [3.05, 3.63) is 46.8 Å². The topological polar surface area (TPSA) is 37.3 Å². The summed E-state index contributed by atoms with van der Waals surface area (Å²) in [5, 5.41) is 11.0. The maximum atomic E-state index is 10.8. The predicted molar refractivity (Wildman–Crippen MR) is 66.1 cm³/mol. The van der Waals surface area contributed by atoms with Crippen LogP contribution >= 0.6 is 11.3 Å². The number of aromatic carboxylic acids is 1. The second-order valence-corrected chi connectivity index (χ2v) is 4.47. The number of benzene rings is 1. The van der Waals surface area contributed by atoms with E-state index >= 15 is 0 Å². The van der Waals surface area contributed by atoms with E-state index in [-0.39, 0.29) is 0 Å². The fraction of sp³-hybridized carbons (Fsp3) is 0.154. The molecule has 3 heteroatoms. The lowest BCUT2D eigenvalue weighted by molar-refractivity contribution is 0.0697. The number of aryl methyl sites for hydroxylation is 1. The minimum Gasteiger partial charge on any atom is -0.478 e. The van der Waals surface area contributed by atoms with E-state index in [1.54, 1.807) is 29.5 Å². The van der Waals surface area contributed by atoms with Gasteiger partial charge in [-0.3, -0.25) is 0 Å². The molecule has 0 aliphatic carbocycles. The van der Waals surface area contributed by atoms with Gasteiger partial charge in [-0.15, -0.1) is 11.3 Å². The molecule has 82 valence electrons. The average molecular weight is 232 g/mol. The number of carboxylic acids is 1. The standard InChI is InChI=1S/C13H12O2S/c1-2-9-6-12(16-8-9)10-4-3-5-11(7-10)13(14)15/h3-8H,2H2,1H3,(H,14,15). The minimum atomic E-state index is -0.880. The van der Waals surface area contributed by atoms with Gasteiger partial charge in [0.25, 0.3) is 0 Å². The van der Waals surface area contributed by atoms with Gasteiger partial charge >= 0.3 is 5.97 Å². The Balaban J connectivity index is 2.40. The molecule has 1 N–H and O–H groups in total. The molecule has 0 saturated carbocycles. The fourth-order valence-electron chi connectivity index (χ4n) is 1.52. The first-order valence-corrected chi connectivity index (χ1v) is 6.00. The quantitative estimate of drug-likeness (QED) is 0.876. The van der Waals surface area contributed by atoms with E-state index in [1.165, 1.54) is 5.56 Å². The summed E-state index contributed by atoms with van der Waals surface area (Å²) in [6.07, 6.45) is 1.01. The lowest BCUT2D eigenvalue weighted by Gasteiger charge is -1.99. The Morgan fingerprint density at radius 2 is 2.19 bits per heavy atom. The van der Waals surface area contributed by atoms with Crippen molar-refractivity contribution < 1.29 is 9.90 Å². The summed E-state index contributed by atoms with van der Waals surface area (Å²) in [5.41, 5.74) is 2.61. The van der Waals surface area contributed by atoms with Crippen LogP contribution in [0.4, 0.5) is 0 Å². The molecule has 2 rings (SSSR count). The van der Waals surface area contributed by atoms with Crippen LogP contribution in [0.25, 0.3) is 10.4 Å². The molecule has 1 aromatic heterocycles. The van der Waals surface area contributed by atoms with Crippen LogP contribution in [-0.2, 0) is 6.42 Å². The zero-order valence-corrected chi connectivity index (χ0v) is 9.75. The summed E-state index contributed by atoms with van der Waals surface area (Å²) in [6, 6.07) is 9.17. The van der Waals surface area contributed by atoms with Crippen molar-refractivity contribution in [2.45, 2.75) is 13.3 Å². The van der Waals surface area contributed by atoms with Gasteiger partial charge in [0.1, 0.15) is 0 Å². The molecule has 0 amide bonds. The van der Waals surface area contributed by atoms with E-state index in [0.717, 1.165) is 16.9 Å². The summed E-state index contributed by atoms with van der Waals surface area (Å²) in [6.45, 7) is 2.11. The van der Waals surface area contributed by atoms with Crippen molar-refractivity contribution in [3.63, 3.8) is 0 Å². The van der Waals surface area contributed by atoms with Gasteiger partial charge in [-0.05, 0) is 41.1 Å². The van der Waals surface area contributed by atoms with E-state index < -0.39 is 5.97 Å². The molecule has 0 atom stereocenters. The van der Waals surface area contributed by atoms with Crippen molar-refractivity contribution in [1.82, 2.24) is 0 Å². The van der Waals surface area contributed by atoms with Gasteiger partial charge in [0.15, 0.2) is 0 Å². The number of thiophene rings is 1. The molecule has 0 unspecified atom stereocenters. The van der Waals surface area contributed by atoms with Crippen molar-refractivity contribution in [1.29, 1.82) is 0 Å². The molecule has 0 bridgehead atoms. The first-order valence-electron chi connectivity index (χ1n) is 5.12. The smallest absolute Gasteiger partial charge is 0.335 e. The molecule has 16 heavy (non-hydrogen) atoms. The van der Waals surface area contributed by atoms with Crippen molar-refractivity contribution in [2.24, 2.45) is 0 Å². The third-order valence-corrected chi connectivity index (χ3v) is 3.48. The third kappa shape index (κ3) is 2.14. The summed E-state index contributed by atoms with van der Waals surface area (Å²) < 4.78 is 0. The first kappa shape index (κ1) is 10.9. The van der Waals surface area contributed by atoms with Crippen LogP contribution in [0.5, 0.6) is 0 Å². The van der Waals surface area contributed by atoms with Gasteiger partial charge < -0.3 is 5.11 Å². The second kappa shape index (κ2) is 4.49. The number of carboxylic acid groups (broad SMARTS) is 1. The fourth-order valence-corrected chi connectivity index (χ4v) is 2.51. The highest BCUT2D eigenvalue weighted by Gasteiger charge is 2.06. The highest BCUT2D eigenvalue weighted by Crippen LogP contribution is 2.28. The number of hydrogen-bond donors (Lipinski definition) is 1. The van der Waals surface area contributed by atoms with Crippen LogP contribution in [0.2, 0.25) is 0 Å². The lowest BCUT2D eigenvalue weighted by atomic mass is 10.1. The Morgan fingerprint density at radius 1 is 1.38 bits per heavy atom. The third-order valence-electron chi connectivity index (χ3n) is 2.46. The van der Waals surface area contributed by atoms with Crippen LogP contribution in [0.1, 0.15) is 22.8 Å². The average Bonchev–Trinajstić information content (AvgIpc) is 2.77. The molecule has 2 aromatic rings. The number of hydrogen-bond acceptors (Lipinski definition) is 2. The van der Waals surface area contributed by atoms with E-state index in [4.69, 9.17) is 5.11 Å². The molecule has 0 spiro atoms. The molecular formula is C13H12O2S. The normalized spacial score (nSPS) is 10.3. The SMILES string of the molecule is CCc1csc(-c2cccc(C(=O)O)c2)c1. The molecule has 1 aromatic carbocycles. The van der Waals surface area contributed by atoms with E-state index in [2.05, 4.69) is 18.4 Å². The van der Waals surface area contributed by atoms with Crippen LogP contribution < -0.4 is 0 Å². The lowest BCUT2D eigenvalue weighted by Crippen LogP contribution is -1.95. The van der Waals surface area contributed by atoms with Gasteiger partial charge in [0.2, 0.25) is 0 Å². The number of rotatable bonds is 3. The largest absolute Gasteiger partial charge is 0.478 e. The van der Waals surface area contributed by atoms with Crippen LogP contribution in [0, 0.1) is 0 Å². The van der Waals surface area contributed by atoms with Crippen molar-refractivity contribution >= 4 is 17.3 Å². The van der Waals surface area contributed by atoms with E-state index in [1.807, 2.05) is 6.07 Å². The molecule has 1 heterocycles. The first-order chi connectivity index (χ1) is 7.70. The highest BCUT2D eigenvalue weighted by atomic mass is 32.1. The van der Waals surface area contributed by atoms with Crippen molar-refractivity contribution in [3.8, 4) is 10.4 Å². The molecule has 0 saturated heterocycles. The highest BCUT2D eigenvalue weighted by molar-refractivity contribution is 7.13.